The standard InChI is InChI=1S/C10H20N2O2/c1-3-14-10(13)8-9-4-6-12(2)7-5-11-9/h9,11H,3-8H2,1-2H3. The second-order valence-electron chi connectivity index (χ2n) is 3.75. The third-order valence-electron chi connectivity index (χ3n) is 2.50. The minimum absolute atomic E-state index is 0.0884. The van der Waals surface area contributed by atoms with Gasteiger partial charge >= 0.3 is 5.97 Å². The molecule has 1 rings (SSSR count). The van der Waals surface area contributed by atoms with E-state index in [2.05, 4.69) is 17.3 Å². The number of nitrogens with one attached hydrogen (secondary N) is 1. The molecule has 0 aromatic carbocycles. The molecule has 0 bridgehead atoms. The van der Waals surface area contributed by atoms with E-state index in [1.54, 1.807) is 0 Å². The van der Waals surface area contributed by atoms with Gasteiger partial charge in [-0.15, -0.1) is 0 Å². The molecule has 82 valence electrons. The number of esters is 1. The zero-order valence-electron chi connectivity index (χ0n) is 9.08. The molecule has 1 fully saturated rings. The highest BCUT2D eigenvalue weighted by Crippen LogP contribution is 2.04. The summed E-state index contributed by atoms with van der Waals surface area (Å²) in [7, 11) is 2.11. The van der Waals surface area contributed by atoms with Crippen molar-refractivity contribution in [1.82, 2.24) is 10.2 Å². The van der Waals surface area contributed by atoms with E-state index in [1.807, 2.05) is 6.92 Å². The van der Waals surface area contributed by atoms with Crippen LogP contribution < -0.4 is 5.32 Å². The van der Waals surface area contributed by atoms with E-state index in [4.69, 9.17) is 4.74 Å². The summed E-state index contributed by atoms with van der Waals surface area (Å²) >= 11 is 0. The number of hydrogen-bond donors (Lipinski definition) is 1. The maximum Gasteiger partial charge on any atom is 0.307 e. The van der Waals surface area contributed by atoms with E-state index >= 15 is 0 Å². The predicted molar refractivity (Wildman–Crippen MR) is 55.2 cm³/mol. The first kappa shape index (κ1) is 11.5. The molecular weight excluding hydrogens is 180 g/mol. The third kappa shape index (κ3) is 4.07. The first-order valence-corrected chi connectivity index (χ1v) is 5.30. The number of carbonyl (C=O) groups excluding carboxylic acids is 1. The van der Waals surface area contributed by atoms with E-state index in [0.29, 0.717) is 19.1 Å². The summed E-state index contributed by atoms with van der Waals surface area (Å²) in [6, 6.07) is 0.291. The average Bonchev–Trinajstić information content (AvgIpc) is 2.32. The monoisotopic (exact) mass is 200 g/mol. The van der Waals surface area contributed by atoms with Gasteiger partial charge in [0.2, 0.25) is 0 Å². The maximum absolute atomic E-state index is 11.2. The zero-order valence-corrected chi connectivity index (χ0v) is 9.08. The number of hydrogen-bond acceptors (Lipinski definition) is 4. The Morgan fingerprint density at radius 2 is 2.36 bits per heavy atom. The highest BCUT2D eigenvalue weighted by Gasteiger charge is 2.17. The van der Waals surface area contributed by atoms with Crippen molar-refractivity contribution in [3.05, 3.63) is 0 Å². The number of likely N-dealkylation sites (N-methyl/N-ethyl adjacent to an activating group) is 1. The van der Waals surface area contributed by atoms with Gasteiger partial charge in [0.25, 0.3) is 0 Å². The zero-order chi connectivity index (χ0) is 10.4. The van der Waals surface area contributed by atoms with Gasteiger partial charge in [-0.1, -0.05) is 0 Å². The number of carbonyl (C=O) groups is 1. The normalized spacial score (nSPS) is 24.3. The molecule has 1 atom stereocenters. The topological polar surface area (TPSA) is 41.6 Å². The Bertz CT molecular complexity index is 185. The lowest BCUT2D eigenvalue weighted by Gasteiger charge is -2.14. The van der Waals surface area contributed by atoms with Gasteiger partial charge < -0.3 is 15.0 Å². The molecule has 1 heterocycles. The molecular formula is C10H20N2O2. The van der Waals surface area contributed by atoms with Gasteiger partial charge in [0, 0.05) is 19.1 Å². The fraction of sp³-hybridized carbons (Fsp3) is 0.900. The largest absolute Gasteiger partial charge is 0.466 e. The van der Waals surface area contributed by atoms with Crippen LogP contribution in [0.25, 0.3) is 0 Å². The molecule has 14 heavy (non-hydrogen) atoms. The Labute approximate surface area is 85.6 Å². The van der Waals surface area contributed by atoms with Crippen molar-refractivity contribution in [1.29, 1.82) is 0 Å². The molecule has 1 aliphatic rings. The van der Waals surface area contributed by atoms with E-state index in [1.165, 1.54) is 0 Å². The van der Waals surface area contributed by atoms with E-state index < -0.39 is 0 Å². The van der Waals surface area contributed by atoms with Crippen LogP contribution in [0.15, 0.2) is 0 Å². The summed E-state index contributed by atoms with van der Waals surface area (Å²) in [5.41, 5.74) is 0. The van der Waals surface area contributed by atoms with Crippen molar-refractivity contribution in [2.45, 2.75) is 25.8 Å². The lowest BCUT2D eigenvalue weighted by atomic mass is 10.1. The van der Waals surface area contributed by atoms with Gasteiger partial charge in [0.15, 0.2) is 0 Å². The SMILES string of the molecule is CCOC(=O)CC1CCN(C)CCN1. The molecule has 0 aliphatic carbocycles. The van der Waals surface area contributed by atoms with Crippen LogP contribution in [-0.4, -0.2) is 50.2 Å². The molecule has 1 saturated heterocycles. The van der Waals surface area contributed by atoms with Crippen LogP contribution in [-0.2, 0) is 9.53 Å². The first-order chi connectivity index (χ1) is 6.72. The van der Waals surface area contributed by atoms with Crippen LogP contribution in [0.5, 0.6) is 0 Å². The number of ether oxygens (including phenoxy) is 1. The Morgan fingerprint density at radius 1 is 1.57 bits per heavy atom. The van der Waals surface area contributed by atoms with Crippen LogP contribution in [0.1, 0.15) is 19.8 Å². The van der Waals surface area contributed by atoms with Crippen molar-refractivity contribution < 1.29 is 9.53 Å². The van der Waals surface area contributed by atoms with Crippen LogP contribution in [0.3, 0.4) is 0 Å². The Morgan fingerprint density at radius 3 is 3.07 bits per heavy atom. The molecule has 4 nitrogen and oxygen atoms in total. The summed E-state index contributed by atoms with van der Waals surface area (Å²) in [5, 5.41) is 3.36. The van der Waals surface area contributed by atoms with E-state index in [-0.39, 0.29) is 5.97 Å². The summed E-state index contributed by atoms with van der Waals surface area (Å²) in [6.45, 7) is 5.38. The van der Waals surface area contributed by atoms with Crippen LogP contribution in [0.2, 0.25) is 0 Å². The van der Waals surface area contributed by atoms with Gasteiger partial charge in [-0.25, -0.2) is 0 Å². The summed E-state index contributed by atoms with van der Waals surface area (Å²) in [4.78, 5) is 13.5. The van der Waals surface area contributed by atoms with Gasteiger partial charge in [0.1, 0.15) is 0 Å². The molecule has 0 radical (unpaired) electrons. The van der Waals surface area contributed by atoms with Gasteiger partial charge in [-0.2, -0.15) is 0 Å². The van der Waals surface area contributed by atoms with Crippen molar-refractivity contribution >= 4 is 5.97 Å². The molecule has 1 unspecified atom stereocenters. The molecule has 0 saturated carbocycles. The van der Waals surface area contributed by atoms with Crippen LogP contribution in [0, 0.1) is 0 Å². The minimum Gasteiger partial charge on any atom is -0.466 e. The minimum atomic E-state index is -0.0884. The highest BCUT2D eigenvalue weighted by atomic mass is 16.5. The Balaban J connectivity index is 2.26. The van der Waals surface area contributed by atoms with Crippen LogP contribution in [0.4, 0.5) is 0 Å². The lowest BCUT2D eigenvalue weighted by molar-refractivity contribution is -0.143. The average molecular weight is 200 g/mol. The van der Waals surface area contributed by atoms with Crippen molar-refractivity contribution in [2.24, 2.45) is 0 Å². The highest BCUT2D eigenvalue weighted by molar-refractivity contribution is 5.70. The Hall–Kier alpha value is -0.610. The fourth-order valence-electron chi connectivity index (χ4n) is 1.64. The van der Waals surface area contributed by atoms with Gasteiger partial charge in [-0.3, -0.25) is 4.79 Å². The molecule has 0 amide bonds. The molecule has 0 aromatic rings. The molecule has 4 heteroatoms. The fourth-order valence-corrected chi connectivity index (χ4v) is 1.64. The summed E-state index contributed by atoms with van der Waals surface area (Å²) < 4.78 is 4.92. The second kappa shape index (κ2) is 5.98. The third-order valence-corrected chi connectivity index (χ3v) is 2.50. The van der Waals surface area contributed by atoms with E-state index in [9.17, 15) is 4.79 Å². The van der Waals surface area contributed by atoms with Crippen molar-refractivity contribution in [3.63, 3.8) is 0 Å². The number of nitrogens with zero attached hydrogens (tertiary/aromatic N) is 1. The molecule has 1 aliphatic heterocycles. The van der Waals surface area contributed by atoms with Gasteiger partial charge in [0.05, 0.1) is 13.0 Å². The maximum atomic E-state index is 11.2. The van der Waals surface area contributed by atoms with Gasteiger partial charge in [-0.05, 0) is 26.9 Å². The number of rotatable bonds is 3. The Kier molecular flexibility index (Phi) is 4.90. The lowest BCUT2D eigenvalue weighted by Crippen LogP contribution is -2.32. The smallest absolute Gasteiger partial charge is 0.307 e. The molecule has 0 spiro atoms. The quantitative estimate of drug-likeness (QED) is 0.662. The first-order valence-electron chi connectivity index (χ1n) is 5.30. The second-order valence-corrected chi connectivity index (χ2v) is 3.75. The summed E-state index contributed by atoms with van der Waals surface area (Å²) in [6.07, 6.45) is 1.52. The summed E-state index contributed by atoms with van der Waals surface area (Å²) in [5.74, 6) is -0.0884. The molecule has 0 aromatic heterocycles. The van der Waals surface area contributed by atoms with Crippen molar-refractivity contribution in [3.8, 4) is 0 Å². The van der Waals surface area contributed by atoms with E-state index in [0.717, 1.165) is 26.1 Å². The van der Waals surface area contributed by atoms with Crippen LogP contribution >= 0.6 is 0 Å². The predicted octanol–water partition coefficient (Wildman–Crippen LogP) is 0.233. The molecule has 1 N–H and O–H groups in total. The van der Waals surface area contributed by atoms with Crippen molar-refractivity contribution in [2.75, 3.05) is 33.3 Å².